The molecule has 148 valence electrons. The van der Waals surface area contributed by atoms with Crippen LogP contribution in [0.15, 0.2) is 10.4 Å². The van der Waals surface area contributed by atoms with Crippen LogP contribution in [-0.4, -0.2) is 47.6 Å². The molecule has 2 saturated heterocycles. The Balaban J connectivity index is 0.00000243. The molecule has 3 heterocycles. The Morgan fingerprint density at radius 2 is 2.04 bits per heavy atom. The van der Waals surface area contributed by atoms with Gasteiger partial charge in [0.1, 0.15) is 0 Å². The zero-order chi connectivity index (χ0) is 17.8. The first kappa shape index (κ1) is 21.9. The third-order valence-electron chi connectivity index (χ3n) is 5.49. The van der Waals surface area contributed by atoms with Gasteiger partial charge >= 0.3 is 0 Å². The number of piperidine rings is 2. The summed E-state index contributed by atoms with van der Waals surface area (Å²) in [6.07, 6.45) is 6.53. The summed E-state index contributed by atoms with van der Waals surface area (Å²) in [5.74, 6) is 1.43. The molecule has 2 aliphatic heterocycles. The van der Waals surface area contributed by atoms with Gasteiger partial charge in [0.2, 0.25) is 0 Å². The fourth-order valence-corrected chi connectivity index (χ4v) is 4.89. The minimum Gasteiger partial charge on any atom is -0.357 e. The van der Waals surface area contributed by atoms with Gasteiger partial charge in [-0.3, -0.25) is 0 Å². The first-order valence-electron chi connectivity index (χ1n) is 9.77. The zero-order valence-corrected chi connectivity index (χ0v) is 19.6. The van der Waals surface area contributed by atoms with Crippen molar-refractivity contribution in [3.05, 3.63) is 16.1 Å². The number of aliphatic imine (C=N–C) groups is 1. The monoisotopic (exact) mass is 491 g/mol. The Morgan fingerprint density at radius 3 is 2.62 bits per heavy atom. The van der Waals surface area contributed by atoms with Crippen molar-refractivity contribution in [3.63, 3.8) is 0 Å². The molecule has 26 heavy (non-hydrogen) atoms. The lowest BCUT2D eigenvalue weighted by molar-refractivity contribution is 0.0526. The molecular formula is C19H34IN5S. The van der Waals surface area contributed by atoms with Gasteiger partial charge in [-0.2, -0.15) is 0 Å². The fraction of sp³-hybridized carbons (Fsp3) is 0.789. The molecule has 0 radical (unpaired) electrons. The molecule has 2 N–H and O–H groups in total. The molecule has 0 amide bonds. The molecule has 2 aliphatic rings. The predicted octanol–water partition coefficient (Wildman–Crippen LogP) is 3.95. The summed E-state index contributed by atoms with van der Waals surface area (Å²) in [7, 11) is 2.30. The summed E-state index contributed by atoms with van der Waals surface area (Å²) in [5.41, 5.74) is 1.08. The van der Waals surface area contributed by atoms with Crippen molar-refractivity contribution in [3.8, 4) is 0 Å². The van der Waals surface area contributed by atoms with Crippen LogP contribution in [0.3, 0.4) is 0 Å². The SMILES string of the molecule is CCNC(=NCc1csc(C(C)C)n1)NC1CC2CCCC(C1)N2C.I. The van der Waals surface area contributed by atoms with E-state index in [1.54, 1.807) is 11.3 Å². The highest BCUT2D eigenvalue weighted by molar-refractivity contribution is 14.0. The van der Waals surface area contributed by atoms with E-state index in [4.69, 9.17) is 9.98 Å². The van der Waals surface area contributed by atoms with Gasteiger partial charge in [0, 0.05) is 36.0 Å². The number of rotatable bonds is 5. The van der Waals surface area contributed by atoms with E-state index in [-0.39, 0.29) is 24.0 Å². The summed E-state index contributed by atoms with van der Waals surface area (Å²) in [6.45, 7) is 8.04. The topological polar surface area (TPSA) is 52.6 Å². The lowest BCUT2D eigenvalue weighted by Gasteiger charge is -2.47. The van der Waals surface area contributed by atoms with Crippen molar-refractivity contribution in [1.29, 1.82) is 0 Å². The summed E-state index contributed by atoms with van der Waals surface area (Å²) in [6, 6.07) is 2.01. The maximum absolute atomic E-state index is 4.79. The second-order valence-electron chi connectivity index (χ2n) is 7.74. The number of nitrogens with one attached hydrogen (secondary N) is 2. The number of fused-ring (bicyclic) bond motifs is 2. The molecule has 0 aromatic carbocycles. The lowest BCUT2D eigenvalue weighted by Crippen LogP contribution is -2.56. The third-order valence-corrected chi connectivity index (χ3v) is 6.68. The summed E-state index contributed by atoms with van der Waals surface area (Å²) in [5, 5.41) is 10.4. The number of nitrogens with zero attached hydrogens (tertiary/aromatic N) is 3. The van der Waals surface area contributed by atoms with Gasteiger partial charge in [0.25, 0.3) is 0 Å². The van der Waals surface area contributed by atoms with Crippen LogP contribution >= 0.6 is 35.3 Å². The van der Waals surface area contributed by atoms with Gasteiger partial charge in [0.15, 0.2) is 5.96 Å². The van der Waals surface area contributed by atoms with E-state index < -0.39 is 0 Å². The van der Waals surface area contributed by atoms with E-state index in [2.05, 4.69) is 48.7 Å². The van der Waals surface area contributed by atoms with Crippen molar-refractivity contribution in [2.24, 2.45) is 4.99 Å². The molecule has 2 atom stereocenters. The lowest BCUT2D eigenvalue weighted by atomic mass is 9.82. The molecular weight excluding hydrogens is 457 g/mol. The Hall–Kier alpha value is -0.410. The van der Waals surface area contributed by atoms with Crippen molar-refractivity contribution in [1.82, 2.24) is 20.5 Å². The van der Waals surface area contributed by atoms with Crippen molar-refractivity contribution < 1.29 is 0 Å². The Labute approximate surface area is 179 Å². The average molecular weight is 491 g/mol. The van der Waals surface area contributed by atoms with Crippen LogP contribution in [0.1, 0.15) is 69.5 Å². The van der Waals surface area contributed by atoms with Crippen LogP contribution in [0.5, 0.6) is 0 Å². The molecule has 0 saturated carbocycles. The van der Waals surface area contributed by atoms with Gasteiger partial charge in [0.05, 0.1) is 17.2 Å². The largest absolute Gasteiger partial charge is 0.357 e. The maximum Gasteiger partial charge on any atom is 0.191 e. The van der Waals surface area contributed by atoms with Crippen molar-refractivity contribution in [2.75, 3.05) is 13.6 Å². The third kappa shape index (κ3) is 5.55. The van der Waals surface area contributed by atoms with E-state index in [1.807, 2.05) is 0 Å². The first-order chi connectivity index (χ1) is 12.1. The predicted molar refractivity (Wildman–Crippen MR) is 122 cm³/mol. The molecule has 5 nitrogen and oxygen atoms in total. The normalized spacial score (nSPS) is 26.5. The fourth-order valence-electron chi connectivity index (χ4n) is 4.07. The molecule has 1 aromatic heterocycles. The minimum atomic E-state index is 0. The second-order valence-corrected chi connectivity index (χ2v) is 8.63. The van der Waals surface area contributed by atoms with E-state index in [0.717, 1.165) is 30.3 Å². The molecule has 2 fully saturated rings. The Bertz CT molecular complexity index is 574. The minimum absolute atomic E-state index is 0. The molecule has 7 heteroatoms. The molecule has 2 unspecified atom stereocenters. The first-order valence-corrected chi connectivity index (χ1v) is 10.7. The number of hydrogen-bond acceptors (Lipinski definition) is 4. The van der Waals surface area contributed by atoms with Gasteiger partial charge in [-0.05, 0) is 39.7 Å². The summed E-state index contributed by atoms with van der Waals surface area (Å²) < 4.78 is 0. The van der Waals surface area contributed by atoms with E-state index in [9.17, 15) is 0 Å². The zero-order valence-electron chi connectivity index (χ0n) is 16.5. The van der Waals surface area contributed by atoms with Crippen LogP contribution in [0.2, 0.25) is 0 Å². The number of guanidine groups is 1. The Kier molecular flexibility index (Phi) is 8.60. The van der Waals surface area contributed by atoms with Crippen molar-refractivity contribution >= 4 is 41.3 Å². The highest BCUT2D eigenvalue weighted by atomic mass is 127. The van der Waals surface area contributed by atoms with Gasteiger partial charge < -0.3 is 15.5 Å². The number of halogens is 1. The van der Waals surface area contributed by atoms with Crippen LogP contribution in [-0.2, 0) is 6.54 Å². The number of hydrogen-bond donors (Lipinski definition) is 2. The van der Waals surface area contributed by atoms with Crippen molar-refractivity contribution in [2.45, 2.75) is 83.5 Å². The van der Waals surface area contributed by atoms with E-state index in [1.165, 1.54) is 37.1 Å². The van der Waals surface area contributed by atoms with Crippen LogP contribution in [0.4, 0.5) is 0 Å². The summed E-state index contributed by atoms with van der Waals surface area (Å²) in [4.78, 5) is 12.1. The summed E-state index contributed by atoms with van der Waals surface area (Å²) >= 11 is 1.74. The highest BCUT2D eigenvalue weighted by Crippen LogP contribution is 2.32. The van der Waals surface area contributed by atoms with Gasteiger partial charge in [-0.1, -0.05) is 20.3 Å². The van der Waals surface area contributed by atoms with Gasteiger partial charge in [-0.15, -0.1) is 35.3 Å². The number of aromatic nitrogens is 1. The molecule has 0 spiro atoms. The smallest absolute Gasteiger partial charge is 0.191 e. The molecule has 2 bridgehead atoms. The second kappa shape index (κ2) is 10.2. The quantitative estimate of drug-likeness (QED) is 0.372. The average Bonchev–Trinajstić information content (AvgIpc) is 3.03. The highest BCUT2D eigenvalue weighted by Gasteiger charge is 2.36. The molecule has 3 rings (SSSR count). The van der Waals surface area contributed by atoms with Crippen LogP contribution in [0.25, 0.3) is 0 Å². The van der Waals surface area contributed by atoms with E-state index in [0.29, 0.717) is 18.5 Å². The van der Waals surface area contributed by atoms with Crippen LogP contribution < -0.4 is 10.6 Å². The molecule has 0 aliphatic carbocycles. The van der Waals surface area contributed by atoms with Crippen LogP contribution in [0, 0.1) is 0 Å². The number of thiazole rings is 1. The van der Waals surface area contributed by atoms with E-state index >= 15 is 0 Å². The standard InChI is InChI=1S/C19H33N5S.HI/c1-5-20-19(21-11-15-12-25-18(22-15)13(2)3)23-14-9-16-7-6-8-17(10-14)24(16)4;/h12-14,16-17H,5-11H2,1-4H3,(H2,20,21,23);1H. The van der Waals surface area contributed by atoms with Gasteiger partial charge in [-0.25, -0.2) is 9.98 Å². The molecule has 1 aromatic rings. The Morgan fingerprint density at radius 1 is 1.35 bits per heavy atom. The maximum atomic E-state index is 4.79.